The third-order valence-corrected chi connectivity index (χ3v) is 19.2. The molecule has 0 spiro atoms. The van der Waals surface area contributed by atoms with Gasteiger partial charge < -0.3 is 32.4 Å². The van der Waals surface area contributed by atoms with E-state index in [4.69, 9.17) is 32.4 Å². The molecule has 0 bridgehead atoms. The number of carbonyl (C=O) groups excluding carboxylic acids is 1. The van der Waals surface area contributed by atoms with Crippen LogP contribution < -0.4 is 20.2 Å². The molecule has 1 amide bonds. The predicted octanol–water partition coefficient (Wildman–Crippen LogP) is 10.3. The van der Waals surface area contributed by atoms with Crippen molar-refractivity contribution in [2.24, 2.45) is 0 Å². The smallest absolute Gasteiger partial charge is 0.351 e. The summed E-state index contributed by atoms with van der Waals surface area (Å²) < 4.78 is 50.4. The van der Waals surface area contributed by atoms with E-state index < -0.39 is 58.6 Å². The number of benzene rings is 4. The van der Waals surface area contributed by atoms with E-state index in [2.05, 4.69) is 77.3 Å². The highest BCUT2D eigenvalue weighted by Gasteiger charge is 2.54. The highest BCUT2D eigenvalue weighted by molar-refractivity contribution is 7.44. The van der Waals surface area contributed by atoms with Crippen molar-refractivity contribution in [1.29, 1.82) is 5.26 Å². The Hall–Kier alpha value is -5.31. The van der Waals surface area contributed by atoms with E-state index in [1.165, 1.54) is 16.8 Å². The van der Waals surface area contributed by atoms with Gasteiger partial charge >= 0.3 is 5.69 Å². The molecule has 1 N–H and O–H groups in total. The van der Waals surface area contributed by atoms with Crippen LogP contribution in [0.4, 0.5) is 5.82 Å². The van der Waals surface area contributed by atoms with Gasteiger partial charge in [0.05, 0.1) is 39.9 Å². The molecule has 5 aromatic rings. The number of rotatable bonds is 21. The van der Waals surface area contributed by atoms with Gasteiger partial charge in [0.2, 0.25) is 0 Å². The lowest BCUT2D eigenvalue weighted by molar-refractivity contribution is -0.0943. The van der Waals surface area contributed by atoms with E-state index in [9.17, 15) is 20.1 Å². The highest BCUT2D eigenvalue weighted by atomic mass is 31.2. The fraction of sp³-hybridized carbons (Fsp3) is 0.423. The molecular weight excluding hydrogens is 914 g/mol. The lowest BCUT2D eigenvalue weighted by Crippen LogP contribution is -2.50. The van der Waals surface area contributed by atoms with Crippen molar-refractivity contribution in [1.82, 2.24) is 14.2 Å². The van der Waals surface area contributed by atoms with Crippen LogP contribution in [0.25, 0.3) is 0 Å². The van der Waals surface area contributed by atoms with Crippen LogP contribution in [0.3, 0.4) is 0 Å². The highest BCUT2D eigenvalue weighted by Crippen LogP contribution is 2.52. The number of hydrogen-bond acceptors (Lipinski definition) is 13. The summed E-state index contributed by atoms with van der Waals surface area (Å²) in [6, 6.07) is 37.0. The Balaban J connectivity index is 1.54. The molecule has 1 fully saturated rings. The fourth-order valence-corrected chi connectivity index (χ4v) is 11.1. The third kappa shape index (κ3) is 12.0. The molecule has 1 aliphatic heterocycles. The van der Waals surface area contributed by atoms with Gasteiger partial charge in [-0.25, -0.2) is 9.46 Å². The second-order valence-electron chi connectivity index (χ2n) is 18.8. The molecule has 5 atom stereocenters. The van der Waals surface area contributed by atoms with E-state index in [0.29, 0.717) is 16.6 Å². The first kappa shape index (κ1) is 53.0. The number of nitriles is 1. The zero-order chi connectivity index (χ0) is 50.1. The summed E-state index contributed by atoms with van der Waals surface area (Å²) in [4.78, 5) is 31.9. The third-order valence-electron chi connectivity index (χ3n) is 12.6. The summed E-state index contributed by atoms with van der Waals surface area (Å²) in [5.41, 5.74) is 0.551. The Kier molecular flexibility index (Phi) is 17.7. The monoisotopic (exact) mass is 979 g/mol. The zero-order valence-corrected chi connectivity index (χ0v) is 43.3. The number of aromatic nitrogens is 2. The molecule has 1 aromatic heterocycles. The molecule has 1 unspecified atom stereocenters. The molecule has 0 radical (unpaired) electrons. The average molecular weight is 980 g/mol. The number of hydrogen-bond donors (Lipinski definition) is 1. The number of methoxy groups -OCH3 is 2. The van der Waals surface area contributed by atoms with Gasteiger partial charge in [-0.2, -0.15) is 15.3 Å². The topological polar surface area (TPSA) is 167 Å². The number of nitrogens with zero attached hydrogens (tertiary/aromatic N) is 5. The van der Waals surface area contributed by atoms with Gasteiger partial charge in [-0.05, 0) is 98.9 Å². The maximum absolute atomic E-state index is 14.4. The normalized spacial score (nSPS) is 18.1. The van der Waals surface area contributed by atoms with Crippen LogP contribution in [0.2, 0.25) is 18.1 Å². The quantitative estimate of drug-likeness (QED) is 0.0184. The largest absolute Gasteiger partial charge is 0.497 e. The van der Waals surface area contributed by atoms with Gasteiger partial charge in [-0.3, -0.25) is 14.6 Å². The van der Waals surface area contributed by atoms with Crippen molar-refractivity contribution in [3.63, 3.8) is 0 Å². The molecule has 6 rings (SSSR count). The van der Waals surface area contributed by atoms with E-state index >= 15 is 0 Å². The Bertz CT molecular complexity index is 2480. The summed E-state index contributed by atoms with van der Waals surface area (Å²) in [7, 11) is -1.41. The number of amides is 1. The molecule has 2 heterocycles. The van der Waals surface area contributed by atoms with E-state index in [-0.39, 0.29) is 48.1 Å². The van der Waals surface area contributed by atoms with Crippen molar-refractivity contribution < 1.29 is 42.4 Å². The second-order valence-corrected chi connectivity index (χ2v) is 25.0. The molecule has 15 nitrogen and oxygen atoms in total. The second kappa shape index (κ2) is 23.1. The Morgan fingerprint density at radius 1 is 0.841 bits per heavy atom. The minimum Gasteiger partial charge on any atom is -0.497 e. The number of carbonyl (C=O) groups is 1. The van der Waals surface area contributed by atoms with Crippen molar-refractivity contribution in [2.45, 2.75) is 115 Å². The van der Waals surface area contributed by atoms with Gasteiger partial charge in [0, 0.05) is 29.9 Å². The molecule has 17 heteroatoms. The zero-order valence-electron chi connectivity index (χ0n) is 41.4. The van der Waals surface area contributed by atoms with Gasteiger partial charge in [0.1, 0.15) is 35.4 Å². The standard InChI is InChI=1S/C52H66N5O10PSi/c1-36(2)57(37(3)4)68(64-34-18-32-53)66-46-44(35-63-52(39-21-16-13-17-22-39,40-23-27-42(61-8)28-24-40)41-25-29-43(62-9)30-26-41)65-49(47(46)67-69(10,11)51(5,6)7)55-33-31-45(54-50(55)59)56(60)48(58)38-19-14-12-15-20-38/h12-17,19-31,33,36-37,44,46-47,49,60H,18,34-35H2,1-11H3/t44-,46-,47-,49-,68?/m1/s1. The maximum Gasteiger partial charge on any atom is 0.351 e. The molecule has 1 aliphatic rings. The van der Waals surface area contributed by atoms with Crippen molar-refractivity contribution >= 4 is 28.6 Å². The van der Waals surface area contributed by atoms with Crippen molar-refractivity contribution in [3.8, 4) is 17.6 Å². The van der Waals surface area contributed by atoms with Crippen molar-refractivity contribution in [3.05, 3.63) is 154 Å². The summed E-state index contributed by atoms with van der Waals surface area (Å²) in [6.07, 6.45) is -2.42. The lowest BCUT2D eigenvalue weighted by atomic mass is 9.80. The minimum absolute atomic E-state index is 0.0407. The van der Waals surface area contributed by atoms with Crippen molar-refractivity contribution in [2.75, 3.05) is 32.5 Å². The van der Waals surface area contributed by atoms with E-state index in [1.54, 1.807) is 44.6 Å². The minimum atomic E-state index is -2.75. The molecule has 368 valence electrons. The van der Waals surface area contributed by atoms with Crippen LogP contribution in [-0.2, 0) is 28.5 Å². The Labute approximate surface area is 408 Å². The van der Waals surface area contributed by atoms with Crippen LogP contribution in [0.15, 0.2) is 126 Å². The number of anilines is 1. The van der Waals surface area contributed by atoms with Gasteiger partial charge in [0.15, 0.2) is 20.4 Å². The first-order valence-electron chi connectivity index (χ1n) is 23.1. The van der Waals surface area contributed by atoms with Crippen LogP contribution in [0.5, 0.6) is 11.5 Å². The SMILES string of the molecule is COc1ccc(C(OC[C@H]2O[C@@H](n3ccc(N(O)C(=O)c4ccccc4)nc3=O)[C@H](O[Si](C)(C)C(C)(C)C)[C@@H]2OP(OCCC#N)N(C(C)C)C(C)C)(c2ccccc2)c2ccc(OC)cc2)cc1. The number of hydroxylamine groups is 1. The van der Waals surface area contributed by atoms with Gasteiger partial charge in [-0.1, -0.05) is 93.6 Å². The van der Waals surface area contributed by atoms with Crippen LogP contribution in [0.1, 0.15) is 88.2 Å². The van der Waals surface area contributed by atoms with E-state index in [1.807, 2.05) is 78.9 Å². The lowest BCUT2D eigenvalue weighted by Gasteiger charge is -2.42. The van der Waals surface area contributed by atoms with Gasteiger partial charge in [-0.15, -0.1) is 0 Å². The predicted molar refractivity (Wildman–Crippen MR) is 268 cm³/mol. The molecule has 1 saturated heterocycles. The molecule has 0 saturated carbocycles. The molecule has 0 aliphatic carbocycles. The van der Waals surface area contributed by atoms with Crippen LogP contribution in [-0.4, -0.2) is 91.5 Å². The molecule has 69 heavy (non-hydrogen) atoms. The first-order chi connectivity index (χ1) is 32.9. The van der Waals surface area contributed by atoms with E-state index in [0.717, 1.165) is 16.7 Å². The molecular formula is C52H66N5O10PSi. The Morgan fingerprint density at radius 2 is 1.38 bits per heavy atom. The average Bonchev–Trinajstić information content (AvgIpc) is 3.66. The maximum atomic E-state index is 14.4. The van der Waals surface area contributed by atoms with Crippen LogP contribution >= 0.6 is 8.53 Å². The number of ether oxygens (including phenoxy) is 4. The summed E-state index contributed by atoms with van der Waals surface area (Å²) in [5.74, 6) is 0.297. The molecule has 4 aromatic carbocycles. The summed E-state index contributed by atoms with van der Waals surface area (Å²) in [6.45, 7) is 18.8. The summed E-state index contributed by atoms with van der Waals surface area (Å²) >= 11 is 0. The first-order valence-corrected chi connectivity index (χ1v) is 27.1. The van der Waals surface area contributed by atoms with Crippen LogP contribution in [0, 0.1) is 11.3 Å². The Morgan fingerprint density at radius 3 is 1.87 bits per heavy atom. The summed E-state index contributed by atoms with van der Waals surface area (Å²) in [5, 5.41) is 20.7. The van der Waals surface area contributed by atoms with Gasteiger partial charge in [0.25, 0.3) is 14.4 Å². The fourth-order valence-electron chi connectivity index (χ4n) is 8.04.